The number of aromatic amines is 1. The van der Waals surface area contributed by atoms with Crippen LogP contribution in [-0.4, -0.2) is 56.5 Å². The van der Waals surface area contributed by atoms with Gasteiger partial charge < -0.3 is 4.90 Å². The molecule has 0 saturated carbocycles. The van der Waals surface area contributed by atoms with E-state index in [1.54, 1.807) is 11.1 Å². The van der Waals surface area contributed by atoms with Crippen LogP contribution >= 0.6 is 0 Å². The van der Waals surface area contributed by atoms with E-state index in [0.717, 1.165) is 47.9 Å². The highest BCUT2D eigenvalue weighted by atomic mass is 16.2. The molecule has 0 spiro atoms. The van der Waals surface area contributed by atoms with Gasteiger partial charge in [0.05, 0.1) is 18.2 Å². The molecular formula is C25H28N6O2. The van der Waals surface area contributed by atoms with Crippen molar-refractivity contribution in [3.63, 3.8) is 0 Å². The van der Waals surface area contributed by atoms with E-state index in [1.807, 2.05) is 36.9 Å². The van der Waals surface area contributed by atoms with Crippen molar-refractivity contribution in [2.75, 3.05) is 24.5 Å². The minimum Gasteiger partial charge on any atom is -0.338 e. The number of hydrogen-bond acceptors (Lipinski definition) is 5. The monoisotopic (exact) mass is 444 g/mol. The Bertz CT molecular complexity index is 1190. The van der Waals surface area contributed by atoms with E-state index in [1.165, 1.54) is 5.56 Å². The van der Waals surface area contributed by atoms with Crippen molar-refractivity contribution in [3.05, 3.63) is 70.4 Å². The molecule has 170 valence electrons. The highest BCUT2D eigenvalue weighted by molar-refractivity contribution is 6.00. The van der Waals surface area contributed by atoms with Crippen LogP contribution in [0.15, 0.2) is 36.5 Å². The standard InChI is InChI=1S/C25H28N6O2/c1-16-20-13-22(32)31(12-10-18-7-4-3-5-8-18)24(20)28-23(27-16)19-9-6-11-30(15-19)25(33)21-14-26-29-17(21)2/h3-5,7-8,14,19H,6,9-13,15H2,1-2H3,(H,26,29). The molecule has 1 N–H and O–H groups in total. The summed E-state index contributed by atoms with van der Waals surface area (Å²) in [6.45, 7) is 5.69. The number of nitrogens with one attached hydrogen (secondary N) is 1. The number of anilines is 1. The normalized spacial score (nSPS) is 18.0. The molecule has 0 radical (unpaired) electrons. The zero-order chi connectivity index (χ0) is 22.9. The lowest BCUT2D eigenvalue weighted by molar-refractivity contribution is -0.117. The average molecular weight is 445 g/mol. The molecule has 3 aromatic rings. The van der Waals surface area contributed by atoms with Gasteiger partial charge in [0, 0.05) is 42.5 Å². The topological polar surface area (TPSA) is 95.1 Å². The van der Waals surface area contributed by atoms with E-state index in [9.17, 15) is 9.59 Å². The van der Waals surface area contributed by atoms with Gasteiger partial charge >= 0.3 is 0 Å². The predicted molar refractivity (Wildman–Crippen MR) is 124 cm³/mol. The molecule has 0 aliphatic carbocycles. The lowest BCUT2D eigenvalue weighted by atomic mass is 9.96. The van der Waals surface area contributed by atoms with Gasteiger partial charge in [-0.3, -0.25) is 19.6 Å². The van der Waals surface area contributed by atoms with E-state index in [4.69, 9.17) is 9.97 Å². The van der Waals surface area contributed by atoms with Gasteiger partial charge in [0.25, 0.3) is 5.91 Å². The minimum atomic E-state index is -0.0107. The van der Waals surface area contributed by atoms with Crippen LogP contribution in [0.1, 0.15) is 57.5 Å². The van der Waals surface area contributed by atoms with Crippen molar-refractivity contribution in [1.82, 2.24) is 25.1 Å². The Hall–Kier alpha value is -3.55. The fraction of sp³-hybridized carbons (Fsp3) is 0.400. The van der Waals surface area contributed by atoms with E-state index in [-0.39, 0.29) is 17.7 Å². The quantitative estimate of drug-likeness (QED) is 0.653. The summed E-state index contributed by atoms with van der Waals surface area (Å²) in [5, 5.41) is 6.83. The molecule has 8 nitrogen and oxygen atoms in total. The van der Waals surface area contributed by atoms with Gasteiger partial charge in [-0.15, -0.1) is 0 Å². The number of carbonyl (C=O) groups is 2. The fourth-order valence-electron chi connectivity index (χ4n) is 4.80. The van der Waals surface area contributed by atoms with Crippen LogP contribution in [0.4, 0.5) is 5.82 Å². The number of benzene rings is 1. The number of nitrogens with zero attached hydrogens (tertiary/aromatic N) is 5. The molecule has 2 aromatic heterocycles. The van der Waals surface area contributed by atoms with Gasteiger partial charge in [0.15, 0.2) is 0 Å². The van der Waals surface area contributed by atoms with Crippen molar-refractivity contribution in [1.29, 1.82) is 0 Å². The van der Waals surface area contributed by atoms with Crippen LogP contribution in [0.5, 0.6) is 0 Å². The van der Waals surface area contributed by atoms with E-state index >= 15 is 0 Å². The minimum absolute atomic E-state index is 0.0107. The Morgan fingerprint density at radius 3 is 2.76 bits per heavy atom. The first-order valence-electron chi connectivity index (χ1n) is 11.5. The van der Waals surface area contributed by atoms with Gasteiger partial charge in [-0.1, -0.05) is 30.3 Å². The van der Waals surface area contributed by atoms with Crippen molar-refractivity contribution in [3.8, 4) is 0 Å². The Morgan fingerprint density at radius 2 is 2.00 bits per heavy atom. The molecule has 1 saturated heterocycles. The SMILES string of the molecule is Cc1nc(C2CCCN(C(=O)c3cn[nH]c3C)C2)nc2c1CC(=O)N2CCc1ccccc1. The number of rotatable bonds is 5. The Morgan fingerprint density at radius 1 is 1.18 bits per heavy atom. The zero-order valence-electron chi connectivity index (χ0n) is 19.0. The molecule has 1 fully saturated rings. The first-order valence-corrected chi connectivity index (χ1v) is 11.5. The summed E-state index contributed by atoms with van der Waals surface area (Å²) in [6.07, 6.45) is 4.53. The molecule has 2 amide bonds. The van der Waals surface area contributed by atoms with Crippen LogP contribution in [0.25, 0.3) is 0 Å². The third kappa shape index (κ3) is 4.13. The summed E-state index contributed by atoms with van der Waals surface area (Å²) < 4.78 is 0. The van der Waals surface area contributed by atoms with Gasteiger partial charge in [0.1, 0.15) is 11.6 Å². The maximum absolute atomic E-state index is 13.0. The molecular weight excluding hydrogens is 416 g/mol. The van der Waals surface area contributed by atoms with Crippen molar-refractivity contribution >= 4 is 17.6 Å². The Labute approximate surface area is 193 Å². The van der Waals surface area contributed by atoms with Crippen molar-refractivity contribution in [2.45, 2.75) is 45.4 Å². The molecule has 1 atom stereocenters. The summed E-state index contributed by atoms with van der Waals surface area (Å²) in [5.41, 5.74) is 4.37. The fourth-order valence-corrected chi connectivity index (χ4v) is 4.80. The molecule has 1 aromatic carbocycles. The van der Waals surface area contributed by atoms with Crippen LogP contribution in [0, 0.1) is 13.8 Å². The maximum Gasteiger partial charge on any atom is 0.257 e. The smallest absolute Gasteiger partial charge is 0.257 e. The van der Waals surface area contributed by atoms with Gasteiger partial charge in [-0.25, -0.2) is 9.97 Å². The molecule has 5 rings (SSSR count). The average Bonchev–Trinajstić information content (AvgIpc) is 3.40. The number of hydrogen-bond donors (Lipinski definition) is 1. The number of fused-ring (bicyclic) bond motifs is 1. The van der Waals surface area contributed by atoms with Gasteiger partial charge in [-0.2, -0.15) is 5.10 Å². The first kappa shape index (κ1) is 21.3. The third-order valence-electron chi connectivity index (χ3n) is 6.70. The van der Waals surface area contributed by atoms with Gasteiger partial charge in [-0.05, 0) is 38.7 Å². The number of piperidine rings is 1. The molecule has 1 unspecified atom stereocenters. The van der Waals surface area contributed by atoms with E-state index in [0.29, 0.717) is 31.6 Å². The number of amides is 2. The number of carbonyl (C=O) groups excluding carboxylic acids is 2. The summed E-state index contributed by atoms with van der Waals surface area (Å²) in [6, 6.07) is 10.2. The maximum atomic E-state index is 13.0. The van der Waals surface area contributed by atoms with Gasteiger partial charge in [0.2, 0.25) is 5.91 Å². The summed E-state index contributed by atoms with van der Waals surface area (Å²) in [5.74, 6) is 1.58. The van der Waals surface area contributed by atoms with E-state index < -0.39 is 0 Å². The van der Waals surface area contributed by atoms with E-state index in [2.05, 4.69) is 22.3 Å². The van der Waals surface area contributed by atoms with Crippen molar-refractivity contribution < 1.29 is 9.59 Å². The second kappa shape index (κ2) is 8.77. The summed E-state index contributed by atoms with van der Waals surface area (Å²) in [7, 11) is 0. The summed E-state index contributed by atoms with van der Waals surface area (Å²) in [4.78, 5) is 39.1. The molecule has 33 heavy (non-hydrogen) atoms. The summed E-state index contributed by atoms with van der Waals surface area (Å²) >= 11 is 0. The molecule has 2 aliphatic rings. The lowest BCUT2D eigenvalue weighted by Gasteiger charge is -2.32. The van der Waals surface area contributed by atoms with Crippen LogP contribution in [0.3, 0.4) is 0 Å². The third-order valence-corrected chi connectivity index (χ3v) is 6.70. The van der Waals surface area contributed by atoms with Crippen LogP contribution in [0.2, 0.25) is 0 Å². The highest BCUT2D eigenvalue weighted by Crippen LogP contribution is 2.33. The molecule has 4 heterocycles. The first-order chi connectivity index (χ1) is 16.0. The number of aryl methyl sites for hydroxylation is 2. The number of H-pyrrole nitrogens is 1. The molecule has 2 aliphatic heterocycles. The second-order valence-electron chi connectivity index (χ2n) is 8.93. The zero-order valence-corrected chi connectivity index (χ0v) is 19.0. The highest BCUT2D eigenvalue weighted by Gasteiger charge is 2.34. The van der Waals surface area contributed by atoms with Crippen LogP contribution in [-0.2, 0) is 17.6 Å². The lowest BCUT2D eigenvalue weighted by Crippen LogP contribution is -2.39. The Kier molecular flexibility index (Phi) is 5.66. The predicted octanol–water partition coefficient (Wildman–Crippen LogP) is 2.97. The second-order valence-corrected chi connectivity index (χ2v) is 8.93. The number of likely N-dealkylation sites (tertiary alicyclic amines) is 1. The Balaban J connectivity index is 1.37. The number of aromatic nitrogens is 4. The largest absolute Gasteiger partial charge is 0.338 e. The van der Waals surface area contributed by atoms with Crippen molar-refractivity contribution in [2.24, 2.45) is 0 Å². The molecule has 8 heteroatoms. The molecule has 0 bridgehead atoms. The van der Waals surface area contributed by atoms with Crippen LogP contribution < -0.4 is 4.90 Å².